The molecule has 3 aliphatic rings. The van der Waals surface area contributed by atoms with Gasteiger partial charge in [-0.1, -0.05) is 36.4 Å². The fourth-order valence-corrected chi connectivity index (χ4v) is 4.23. The quantitative estimate of drug-likeness (QED) is 0.780. The van der Waals surface area contributed by atoms with Crippen molar-refractivity contribution in [3.63, 3.8) is 0 Å². The second-order valence-corrected chi connectivity index (χ2v) is 7.21. The molecule has 0 unspecified atom stereocenters. The second kappa shape index (κ2) is 6.40. The van der Waals surface area contributed by atoms with Crippen molar-refractivity contribution in [2.45, 2.75) is 43.5 Å². The molecule has 26 heavy (non-hydrogen) atoms. The van der Waals surface area contributed by atoms with Gasteiger partial charge in [-0.3, -0.25) is 4.79 Å². The SMILES string of the molecule is C=CCC1(CC=C)OC(N2CCC3(CC2)OCc2ccccc23)=NC1=O. The van der Waals surface area contributed by atoms with Gasteiger partial charge in [-0.15, -0.1) is 13.2 Å². The summed E-state index contributed by atoms with van der Waals surface area (Å²) in [7, 11) is 0. The number of ether oxygens (including phenoxy) is 2. The van der Waals surface area contributed by atoms with Crippen molar-refractivity contribution in [3.8, 4) is 0 Å². The molecule has 0 atom stereocenters. The smallest absolute Gasteiger partial charge is 0.296 e. The van der Waals surface area contributed by atoms with E-state index in [1.165, 1.54) is 11.1 Å². The number of piperidine rings is 1. The van der Waals surface area contributed by atoms with E-state index >= 15 is 0 Å². The molecule has 1 saturated heterocycles. The Morgan fingerprint density at radius 3 is 2.54 bits per heavy atom. The maximum Gasteiger partial charge on any atom is 0.296 e. The first kappa shape index (κ1) is 17.0. The summed E-state index contributed by atoms with van der Waals surface area (Å²) in [5.74, 6) is -0.241. The molecule has 4 rings (SSSR count). The van der Waals surface area contributed by atoms with E-state index in [0.717, 1.165) is 25.9 Å². The Bertz CT molecular complexity index is 765. The summed E-state index contributed by atoms with van der Waals surface area (Å²) in [6.45, 7) is 9.66. The van der Waals surface area contributed by atoms with Crippen LogP contribution in [0.2, 0.25) is 0 Å². The van der Waals surface area contributed by atoms with E-state index in [-0.39, 0.29) is 11.5 Å². The van der Waals surface area contributed by atoms with Gasteiger partial charge in [-0.05, 0) is 24.0 Å². The summed E-state index contributed by atoms with van der Waals surface area (Å²) in [4.78, 5) is 18.7. The van der Waals surface area contributed by atoms with Gasteiger partial charge in [0, 0.05) is 25.9 Å². The Hall–Kier alpha value is -2.40. The molecule has 1 aromatic carbocycles. The number of fused-ring (bicyclic) bond motifs is 2. The van der Waals surface area contributed by atoms with Crippen LogP contribution in [-0.4, -0.2) is 35.5 Å². The van der Waals surface area contributed by atoms with Gasteiger partial charge >= 0.3 is 0 Å². The molecule has 0 saturated carbocycles. The minimum absolute atomic E-state index is 0.213. The van der Waals surface area contributed by atoms with Crippen LogP contribution in [0.25, 0.3) is 0 Å². The highest BCUT2D eigenvalue weighted by Crippen LogP contribution is 2.44. The summed E-state index contributed by atoms with van der Waals surface area (Å²) in [5, 5.41) is 0. The second-order valence-electron chi connectivity index (χ2n) is 7.21. The molecule has 0 aromatic heterocycles. The summed E-state index contributed by atoms with van der Waals surface area (Å²) in [6, 6.07) is 8.87. The number of hydrogen-bond donors (Lipinski definition) is 0. The summed E-state index contributed by atoms with van der Waals surface area (Å²) >= 11 is 0. The fraction of sp³-hybridized carbons (Fsp3) is 0.429. The van der Waals surface area contributed by atoms with Gasteiger partial charge < -0.3 is 14.4 Å². The van der Waals surface area contributed by atoms with Crippen LogP contribution in [0.5, 0.6) is 0 Å². The highest BCUT2D eigenvalue weighted by molar-refractivity contribution is 6.01. The third kappa shape index (κ3) is 2.58. The zero-order valence-corrected chi connectivity index (χ0v) is 14.9. The Balaban J connectivity index is 1.48. The third-order valence-corrected chi connectivity index (χ3v) is 5.68. The standard InChI is InChI=1S/C21H24N2O3/c1-3-9-21(10-4-2)18(24)22-19(26-21)23-13-11-20(12-14-23)17-8-6-5-7-16(17)15-25-20/h3-8H,1-2,9-15H2. The van der Waals surface area contributed by atoms with Crippen LogP contribution in [0.1, 0.15) is 36.8 Å². The molecule has 0 N–H and O–H groups in total. The lowest BCUT2D eigenvalue weighted by Gasteiger charge is -2.40. The average molecular weight is 352 g/mol. The number of aliphatic imine (C=N–C) groups is 1. The van der Waals surface area contributed by atoms with Crippen LogP contribution in [0.4, 0.5) is 0 Å². The molecule has 3 heterocycles. The molecule has 5 nitrogen and oxygen atoms in total. The highest BCUT2D eigenvalue weighted by atomic mass is 16.5. The number of likely N-dealkylation sites (tertiary alicyclic amines) is 1. The molecule has 1 fully saturated rings. The molecule has 1 aromatic rings. The molecule has 0 radical (unpaired) electrons. The molecule has 5 heteroatoms. The number of benzene rings is 1. The van der Waals surface area contributed by atoms with Crippen molar-refractivity contribution in [2.24, 2.45) is 4.99 Å². The number of rotatable bonds is 4. The maximum absolute atomic E-state index is 12.5. The van der Waals surface area contributed by atoms with E-state index in [9.17, 15) is 4.79 Å². The molecule has 1 amide bonds. The monoisotopic (exact) mass is 352 g/mol. The topological polar surface area (TPSA) is 51.1 Å². The molecular weight excluding hydrogens is 328 g/mol. The van der Waals surface area contributed by atoms with E-state index in [1.807, 2.05) is 0 Å². The minimum Gasteiger partial charge on any atom is -0.447 e. The largest absolute Gasteiger partial charge is 0.447 e. The Kier molecular flexibility index (Phi) is 4.19. The van der Waals surface area contributed by atoms with Crippen LogP contribution in [-0.2, 0) is 26.5 Å². The van der Waals surface area contributed by atoms with Crippen molar-refractivity contribution < 1.29 is 14.3 Å². The van der Waals surface area contributed by atoms with E-state index in [2.05, 4.69) is 47.3 Å². The van der Waals surface area contributed by atoms with E-state index in [0.29, 0.717) is 25.5 Å². The lowest BCUT2D eigenvalue weighted by atomic mass is 9.84. The number of hydrogen-bond acceptors (Lipinski definition) is 4. The number of amidine groups is 1. The van der Waals surface area contributed by atoms with E-state index in [1.54, 1.807) is 12.2 Å². The van der Waals surface area contributed by atoms with Gasteiger partial charge in [-0.2, -0.15) is 4.99 Å². The van der Waals surface area contributed by atoms with Crippen LogP contribution in [0, 0.1) is 0 Å². The van der Waals surface area contributed by atoms with Gasteiger partial charge in [0.15, 0.2) is 5.60 Å². The average Bonchev–Trinajstić information content (AvgIpc) is 3.16. The van der Waals surface area contributed by atoms with E-state index in [4.69, 9.17) is 9.47 Å². The normalized spacial score (nSPS) is 22.7. The maximum atomic E-state index is 12.5. The number of carbonyl (C=O) groups excluding carboxylic acids is 1. The summed E-state index contributed by atoms with van der Waals surface area (Å²) in [5.41, 5.74) is 1.40. The lowest BCUT2D eigenvalue weighted by molar-refractivity contribution is -0.130. The van der Waals surface area contributed by atoms with Gasteiger partial charge in [0.25, 0.3) is 11.9 Å². The predicted molar refractivity (Wildman–Crippen MR) is 99.6 cm³/mol. The van der Waals surface area contributed by atoms with Crippen molar-refractivity contribution in [2.75, 3.05) is 13.1 Å². The van der Waals surface area contributed by atoms with Crippen LogP contribution in [0.15, 0.2) is 54.6 Å². The Morgan fingerprint density at radius 2 is 1.85 bits per heavy atom. The zero-order valence-electron chi connectivity index (χ0n) is 14.9. The first-order valence-electron chi connectivity index (χ1n) is 9.14. The van der Waals surface area contributed by atoms with Crippen LogP contribution < -0.4 is 0 Å². The minimum atomic E-state index is -0.968. The van der Waals surface area contributed by atoms with Crippen molar-refractivity contribution in [1.82, 2.24) is 4.90 Å². The van der Waals surface area contributed by atoms with Crippen molar-refractivity contribution >= 4 is 11.9 Å². The number of carbonyl (C=O) groups is 1. The van der Waals surface area contributed by atoms with Crippen molar-refractivity contribution in [1.29, 1.82) is 0 Å². The molecule has 0 bridgehead atoms. The Labute approximate surface area is 154 Å². The van der Waals surface area contributed by atoms with Gasteiger partial charge in [0.2, 0.25) is 0 Å². The number of nitrogens with zero attached hydrogens (tertiary/aromatic N) is 2. The van der Waals surface area contributed by atoms with Gasteiger partial charge in [-0.25, -0.2) is 0 Å². The van der Waals surface area contributed by atoms with Crippen molar-refractivity contribution in [3.05, 3.63) is 60.7 Å². The van der Waals surface area contributed by atoms with E-state index < -0.39 is 5.60 Å². The van der Waals surface area contributed by atoms with Gasteiger partial charge in [0.05, 0.1) is 12.2 Å². The van der Waals surface area contributed by atoms with Crippen LogP contribution in [0.3, 0.4) is 0 Å². The molecular formula is C21H24N2O3. The Morgan fingerprint density at radius 1 is 1.15 bits per heavy atom. The molecule has 136 valence electrons. The third-order valence-electron chi connectivity index (χ3n) is 5.68. The fourth-order valence-electron chi connectivity index (χ4n) is 4.23. The lowest BCUT2D eigenvalue weighted by Crippen LogP contribution is -2.46. The van der Waals surface area contributed by atoms with Crippen LogP contribution >= 0.6 is 0 Å². The first-order valence-corrected chi connectivity index (χ1v) is 9.14. The molecule has 0 aliphatic carbocycles. The predicted octanol–water partition coefficient (Wildman–Crippen LogP) is 3.31. The number of amides is 1. The molecule has 3 aliphatic heterocycles. The highest BCUT2D eigenvalue weighted by Gasteiger charge is 2.48. The van der Waals surface area contributed by atoms with Gasteiger partial charge in [0.1, 0.15) is 0 Å². The zero-order chi connectivity index (χ0) is 18.2. The summed E-state index contributed by atoms with van der Waals surface area (Å²) in [6.07, 6.45) is 5.98. The first-order chi connectivity index (χ1) is 12.6. The molecule has 1 spiro atoms. The summed E-state index contributed by atoms with van der Waals surface area (Å²) < 4.78 is 12.2.